The van der Waals surface area contributed by atoms with Crippen molar-refractivity contribution >= 4 is 5.82 Å². The molecule has 1 aromatic rings. The van der Waals surface area contributed by atoms with Crippen LogP contribution in [0.25, 0.3) is 0 Å². The van der Waals surface area contributed by atoms with Gasteiger partial charge in [-0.25, -0.2) is 4.98 Å². The Balaban J connectivity index is 1.94. The van der Waals surface area contributed by atoms with E-state index in [0.29, 0.717) is 17.6 Å². The van der Waals surface area contributed by atoms with Gasteiger partial charge in [-0.15, -0.1) is 0 Å². The van der Waals surface area contributed by atoms with Crippen molar-refractivity contribution in [1.29, 1.82) is 0 Å². The molecular weight excluding hydrogens is 204 g/mol. The summed E-state index contributed by atoms with van der Waals surface area (Å²) in [5, 5.41) is 3.23. The number of nitrogens with two attached hydrogens (primary N) is 1. The number of anilines is 1. The number of hydrogen-bond donors (Lipinski definition) is 2. The second-order valence-electron chi connectivity index (χ2n) is 4.22. The molecule has 1 fully saturated rings. The average Bonchev–Trinajstić information content (AvgIpc) is 3.08. The van der Waals surface area contributed by atoms with Crippen LogP contribution < -0.4 is 15.8 Å². The van der Waals surface area contributed by atoms with Crippen molar-refractivity contribution in [3.63, 3.8) is 0 Å². The Morgan fingerprint density at radius 3 is 2.94 bits per heavy atom. The van der Waals surface area contributed by atoms with Gasteiger partial charge in [0.15, 0.2) is 0 Å². The monoisotopic (exact) mass is 222 g/mol. The summed E-state index contributed by atoms with van der Waals surface area (Å²) in [4.78, 5) is 8.40. The van der Waals surface area contributed by atoms with Crippen molar-refractivity contribution in [2.45, 2.75) is 25.8 Å². The van der Waals surface area contributed by atoms with E-state index in [1.807, 2.05) is 6.92 Å². The summed E-state index contributed by atoms with van der Waals surface area (Å²) in [6.45, 7) is 2.60. The smallest absolute Gasteiger partial charge is 0.218 e. The van der Waals surface area contributed by atoms with E-state index in [-0.39, 0.29) is 6.04 Å². The van der Waals surface area contributed by atoms with Gasteiger partial charge in [-0.1, -0.05) is 0 Å². The lowest BCUT2D eigenvalue weighted by atomic mass is 10.2. The van der Waals surface area contributed by atoms with Crippen molar-refractivity contribution in [3.05, 3.63) is 11.9 Å². The molecule has 0 spiro atoms. The lowest BCUT2D eigenvalue weighted by molar-refractivity contribution is 0.396. The van der Waals surface area contributed by atoms with Crippen LogP contribution in [0.4, 0.5) is 5.82 Å². The van der Waals surface area contributed by atoms with Crippen LogP contribution in [0, 0.1) is 12.8 Å². The van der Waals surface area contributed by atoms with E-state index in [4.69, 9.17) is 10.5 Å². The van der Waals surface area contributed by atoms with E-state index in [9.17, 15) is 0 Å². The van der Waals surface area contributed by atoms with E-state index in [1.165, 1.54) is 12.8 Å². The van der Waals surface area contributed by atoms with Crippen LogP contribution in [0.1, 0.15) is 18.7 Å². The van der Waals surface area contributed by atoms with Crippen molar-refractivity contribution in [1.82, 2.24) is 9.97 Å². The van der Waals surface area contributed by atoms with Crippen molar-refractivity contribution in [2.24, 2.45) is 11.7 Å². The van der Waals surface area contributed by atoms with E-state index < -0.39 is 0 Å². The van der Waals surface area contributed by atoms with Gasteiger partial charge < -0.3 is 15.8 Å². The molecule has 1 aliphatic rings. The number of aryl methyl sites for hydroxylation is 1. The molecule has 88 valence electrons. The Bertz CT molecular complexity index is 365. The minimum Gasteiger partial charge on any atom is -0.481 e. The molecule has 0 aromatic carbocycles. The SMILES string of the molecule is COc1cc(NCC(N)C2CC2)nc(C)n1. The fourth-order valence-electron chi connectivity index (χ4n) is 1.65. The third-order valence-corrected chi connectivity index (χ3v) is 2.77. The van der Waals surface area contributed by atoms with Gasteiger partial charge >= 0.3 is 0 Å². The number of ether oxygens (including phenoxy) is 1. The van der Waals surface area contributed by atoms with Gasteiger partial charge in [0.05, 0.1) is 7.11 Å². The molecular formula is C11H18N4O. The van der Waals surface area contributed by atoms with E-state index in [2.05, 4.69) is 15.3 Å². The zero-order valence-electron chi connectivity index (χ0n) is 9.73. The molecule has 1 saturated carbocycles. The zero-order valence-corrected chi connectivity index (χ0v) is 9.73. The quantitative estimate of drug-likeness (QED) is 0.775. The lowest BCUT2D eigenvalue weighted by Crippen LogP contribution is -2.31. The van der Waals surface area contributed by atoms with Gasteiger partial charge in [0.25, 0.3) is 0 Å². The molecule has 0 bridgehead atoms. The Labute approximate surface area is 95.4 Å². The topological polar surface area (TPSA) is 73.1 Å². The predicted molar refractivity (Wildman–Crippen MR) is 62.5 cm³/mol. The molecule has 1 aromatic heterocycles. The number of nitrogens with one attached hydrogen (secondary N) is 1. The fourth-order valence-corrected chi connectivity index (χ4v) is 1.65. The highest BCUT2D eigenvalue weighted by Gasteiger charge is 2.28. The third kappa shape index (κ3) is 2.82. The molecule has 3 N–H and O–H groups in total. The molecule has 1 atom stereocenters. The van der Waals surface area contributed by atoms with Gasteiger partial charge in [0.1, 0.15) is 11.6 Å². The summed E-state index contributed by atoms with van der Waals surface area (Å²) in [7, 11) is 1.60. The number of methoxy groups -OCH3 is 1. The standard InChI is InChI=1S/C11H18N4O/c1-7-14-10(5-11(15-7)16-2)13-6-9(12)8-3-4-8/h5,8-9H,3-4,6,12H2,1-2H3,(H,13,14,15). The third-order valence-electron chi connectivity index (χ3n) is 2.77. The van der Waals surface area contributed by atoms with Crippen LogP contribution in [0.3, 0.4) is 0 Å². The van der Waals surface area contributed by atoms with Gasteiger partial charge in [-0.2, -0.15) is 4.98 Å². The van der Waals surface area contributed by atoms with Crippen molar-refractivity contribution < 1.29 is 4.74 Å². The first-order chi connectivity index (χ1) is 7.69. The van der Waals surface area contributed by atoms with Crippen LogP contribution in [0.5, 0.6) is 5.88 Å². The molecule has 16 heavy (non-hydrogen) atoms. The fraction of sp³-hybridized carbons (Fsp3) is 0.636. The molecule has 0 aliphatic heterocycles. The largest absolute Gasteiger partial charge is 0.481 e. The molecule has 1 aliphatic carbocycles. The van der Waals surface area contributed by atoms with Gasteiger partial charge in [0.2, 0.25) is 5.88 Å². The highest BCUT2D eigenvalue weighted by Crippen LogP contribution is 2.31. The molecule has 2 rings (SSSR count). The van der Waals surface area contributed by atoms with E-state index in [0.717, 1.165) is 12.4 Å². The first-order valence-electron chi connectivity index (χ1n) is 5.58. The molecule has 1 unspecified atom stereocenters. The normalized spacial score (nSPS) is 16.9. The minimum atomic E-state index is 0.223. The van der Waals surface area contributed by atoms with E-state index >= 15 is 0 Å². The maximum atomic E-state index is 6.00. The Kier molecular flexibility index (Phi) is 3.24. The molecule has 0 saturated heterocycles. The summed E-state index contributed by atoms with van der Waals surface area (Å²) in [5.74, 6) is 2.75. The number of hydrogen-bond acceptors (Lipinski definition) is 5. The molecule has 1 heterocycles. The first kappa shape index (κ1) is 11.1. The van der Waals surface area contributed by atoms with Gasteiger partial charge in [-0.3, -0.25) is 0 Å². The molecule has 0 radical (unpaired) electrons. The number of rotatable bonds is 5. The number of nitrogens with zero attached hydrogens (tertiary/aromatic N) is 2. The summed E-state index contributed by atoms with van der Waals surface area (Å²) in [6.07, 6.45) is 2.52. The summed E-state index contributed by atoms with van der Waals surface area (Å²) in [5.41, 5.74) is 6.00. The van der Waals surface area contributed by atoms with Crippen LogP contribution >= 0.6 is 0 Å². The maximum absolute atomic E-state index is 6.00. The summed E-state index contributed by atoms with van der Waals surface area (Å²) < 4.78 is 5.08. The molecule has 5 nitrogen and oxygen atoms in total. The summed E-state index contributed by atoms with van der Waals surface area (Å²) >= 11 is 0. The highest BCUT2D eigenvalue weighted by molar-refractivity contribution is 5.38. The van der Waals surface area contributed by atoms with Crippen LogP contribution in [-0.2, 0) is 0 Å². The molecule has 0 amide bonds. The van der Waals surface area contributed by atoms with Crippen LogP contribution in [-0.4, -0.2) is 29.7 Å². The summed E-state index contributed by atoms with van der Waals surface area (Å²) in [6, 6.07) is 2.01. The van der Waals surface area contributed by atoms with Crippen LogP contribution in [0.15, 0.2) is 6.07 Å². The Morgan fingerprint density at radius 1 is 1.56 bits per heavy atom. The molecule has 5 heteroatoms. The minimum absolute atomic E-state index is 0.223. The van der Waals surface area contributed by atoms with Crippen LogP contribution in [0.2, 0.25) is 0 Å². The van der Waals surface area contributed by atoms with Crippen molar-refractivity contribution in [2.75, 3.05) is 19.0 Å². The zero-order chi connectivity index (χ0) is 11.5. The second-order valence-corrected chi connectivity index (χ2v) is 4.22. The lowest BCUT2D eigenvalue weighted by Gasteiger charge is -2.12. The first-order valence-corrected chi connectivity index (χ1v) is 5.58. The highest BCUT2D eigenvalue weighted by atomic mass is 16.5. The number of aromatic nitrogens is 2. The maximum Gasteiger partial charge on any atom is 0.218 e. The predicted octanol–water partition coefficient (Wildman–Crippen LogP) is 0.943. The van der Waals surface area contributed by atoms with Crippen molar-refractivity contribution in [3.8, 4) is 5.88 Å². The van der Waals surface area contributed by atoms with E-state index in [1.54, 1.807) is 13.2 Å². The average molecular weight is 222 g/mol. The Morgan fingerprint density at radius 2 is 2.31 bits per heavy atom. The Hall–Kier alpha value is -1.36. The van der Waals surface area contributed by atoms with Gasteiger partial charge in [0, 0.05) is 18.7 Å². The second kappa shape index (κ2) is 4.65. The van der Waals surface area contributed by atoms with Gasteiger partial charge in [-0.05, 0) is 25.7 Å².